The minimum atomic E-state index is 0. The summed E-state index contributed by atoms with van der Waals surface area (Å²) in [7, 11) is 1.67. The average molecular weight is 541 g/mol. The molecule has 168 valence electrons. The quantitative estimate of drug-likeness (QED) is 0.416. The third-order valence-corrected chi connectivity index (χ3v) is 6.19. The molecular weight excluding hydrogens is 511 g/mol. The van der Waals surface area contributed by atoms with Crippen LogP contribution in [0.3, 0.4) is 0 Å². The molecular formula is C22H30BrCl3N2O2. The van der Waals surface area contributed by atoms with E-state index in [-0.39, 0.29) is 24.8 Å². The van der Waals surface area contributed by atoms with Crippen LogP contribution in [0.25, 0.3) is 0 Å². The zero-order valence-electron chi connectivity index (χ0n) is 17.3. The first-order chi connectivity index (χ1) is 13.6. The summed E-state index contributed by atoms with van der Waals surface area (Å²) in [6.07, 6.45) is 2.58. The van der Waals surface area contributed by atoms with E-state index in [1.807, 2.05) is 30.3 Å². The Morgan fingerprint density at radius 3 is 2.70 bits per heavy atom. The van der Waals surface area contributed by atoms with Crippen LogP contribution < -0.4 is 14.8 Å². The van der Waals surface area contributed by atoms with Gasteiger partial charge < -0.3 is 14.8 Å². The molecule has 4 nitrogen and oxygen atoms in total. The summed E-state index contributed by atoms with van der Waals surface area (Å²) in [4.78, 5) is 2.55. The van der Waals surface area contributed by atoms with Crippen molar-refractivity contribution in [3.05, 3.63) is 57.0 Å². The number of hydrogen-bond donors (Lipinski definition) is 1. The predicted molar refractivity (Wildman–Crippen MR) is 133 cm³/mol. The van der Waals surface area contributed by atoms with Gasteiger partial charge in [-0.15, -0.1) is 24.8 Å². The van der Waals surface area contributed by atoms with Crippen LogP contribution >= 0.6 is 52.3 Å². The van der Waals surface area contributed by atoms with Gasteiger partial charge in [0.2, 0.25) is 0 Å². The van der Waals surface area contributed by atoms with Gasteiger partial charge in [0.15, 0.2) is 11.5 Å². The molecule has 0 radical (unpaired) electrons. The maximum atomic E-state index is 6.23. The fraction of sp³-hybridized carbons (Fsp3) is 0.455. The Kier molecular flexibility index (Phi) is 12.5. The average Bonchev–Trinajstić information content (AvgIpc) is 3.15. The minimum absolute atomic E-state index is 0. The number of likely N-dealkylation sites (tertiary alicyclic amines) is 1. The fourth-order valence-corrected chi connectivity index (χ4v) is 4.50. The van der Waals surface area contributed by atoms with E-state index in [2.05, 4.69) is 39.1 Å². The number of ether oxygens (including phenoxy) is 2. The largest absolute Gasteiger partial charge is 0.493 e. The summed E-state index contributed by atoms with van der Waals surface area (Å²) < 4.78 is 12.5. The molecule has 30 heavy (non-hydrogen) atoms. The molecule has 1 heterocycles. The lowest BCUT2D eigenvalue weighted by molar-refractivity contribution is 0.259. The first kappa shape index (κ1) is 27.3. The number of benzene rings is 2. The number of halogens is 4. The van der Waals surface area contributed by atoms with E-state index in [1.54, 1.807) is 7.11 Å². The van der Waals surface area contributed by atoms with E-state index in [0.717, 1.165) is 35.2 Å². The van der Waals surface area contributed by atoms with E-state index in [9.17, 15) is 0 Å². The van der Waals surface area contributed by atoms with Crippen LogP contribution in [-0.2, 0) is 13.2 Å². The Morgan fingerprint density at radius 2 is 2.00 bits per heavy atom. The van der Waals surface area contributed by atoms with Gasteiger partial charge in [0.25, 0.3) is 0 Å². The molecule has 0 amide bonds. The standard InChI is InChI=1S/C22H28BrClN2O2.2ClH/c1-3-26-10-6-8-18(26)14-25-13-16-11-19(23)22(21(12-16)27-2)28-15-17-7-4-5-9-20(17)24;;/h4-5,7,9,11-12,18,25H,3,6,8,10,13-15H2,1-2H3;2*1H. The van der Waals surface area contributed by atoms with Crippen LogP contribution in [0.2, 0.25) is 5.02 Å². The molecule has 1 N–H and O–H groups in total. The SMILES string of the molecule is CCN1CCCC1CNCc1cc(Br)c(OCc2ccccc2Cl)c(OC)c1.Cl.Cl. The number of methoxy groups -OCH3 is 1. The number of hydrogen-bond acceptors (Lipinski definition) is 4. The van der Waals surface area contributed by atoms with Gasteiger partial charge in [0, 0.05) is 29.7 Å². The van der Waals surface area contributed by atoms with Gasteiger partial charge in [-0.2, -0.15) is 0 Å². The third-order valence-electron chi connectivity index (χ3n) is 5.23. The van der Waals surface area contributed by atoms with Crippen molar-refractivity contribution in [2.75, 3.05) is 26.7 Å². The lowest BCUT2D eigenvalue weighted by atomic mass is 10.1. The molecule has 0 aromatic heterocycles. The highest BCUT2D eigenvalue weighted by Crippen LogP contribution is 2.37. The fourth-order valence-electron chi connectivity index (χ4n) is 3.71. The predicted octanol–water partition coefficient (Wildman–Crippen LogP) is 6.11. The third kappa shape index (κ3) is 7.18. The lowest BCUT2D eigenvalue weighted by Gasteiger charge is -2.23. The monoisotopic (exact) mass is 538 g/mol. The van der Waals surface area contributed by atoms with Gasteiger partial charge in [-0.1, -0.05) is 36.7 Å². The Labute approximate surface area is 205 Å². The van der Waals surface area contributed by atoms with Crippen molar-refractivity contribution in [2.24, 2.45) is 0 Å². The molecule has 1 fully saturated rings. The van der Waals surface area contributed by atoms with Crippen LogP contribution in [0.1, 0.15) is 30.9 Å². The maximum Gasteiger partial charge on any atom is 0.175 e. The van der Waals surface area contributed by atoms with Gasteiger partial charge in [0.05, 0.1) is 11.6 Å². The Balaban J connectivity index is 0.00000225. The van der Waals surface area contributed by atoms with E-state index in [0.29, 0.717) is 29.2 Å². The first-order valence-corrected chi connectivity index (χ1v) is 11.0. The number of nitrogens with one attached hydrogen (secondary N) is 1. The zero-order valence-corrected chi connectivity index (χ0v) is 21.3. The molecule has 1 aliphatic heterocycles. The Hall–Kier alpha value is -0.690. The number of rotatable bonds is 9. The molecule has 2 aromatic carbocycles. The van der Waals surface area contributed by atoms with Crippen molar-refractivity contribution >= 4 is 52.3 Å². The molecule has 8 heteroatoms. The molecule has 0 bridgehead atoms. The smallest absolute Gasteiger partial charge is 0.175 e. The molecule has 1 saturated heterocycles. The molecule has 1 aliphatic rings. The Morgan fingerprint density at radius 1 is 1.23 bits per heavy atom. The molecule has 0 saturated carbocycles. The topological polar surface area (TPSA) is 33.7 Å². The van der Waals surface area contributed by atoms with E-state index >= 15 is 0 Å². The normalized spacial score (nSPS) is 15.9. The summed E-state index contributed by atoms with van der Waals surface area (Å²) >= 11 is 9.86. The number of nitrogens with zero attached hydrogens (tertiary/aromatic N) is 1. The highest BCUT2D eigenvalue weighted by molar-refractivity contribution is 9.10. The van der Waals surface area contributed by atoms with Gasteiger partial charge >= 0.3 is 0 Å². The van der Waals surface area contributed by atoms with E-state index in [4.69, 9.17) is 21.1 Å². The summed E-state index contributed by atoms with van der Waals surface area (Å²) in [5.74, 6) is 1.41. The minimum Gasteiger partial charge on any atom is -0.493 e. The van der Waals surface area contributed by atoms with E-state index < -0.39 is 0 Å². The molecule has 2 aromatic rings. The van der Waals surface area contributed by atoms with Crippen molar-refractivity contribution in [3.8, 4) is 11.5 Å². The van der Waals surface area contributed by atoms with Crippen LogP contribution in [0.15, 0.2) is 40.9 Å². The highest BCUT2D eigenvalue weighted by Gasteiger charge is 2.22. The molecule has 1 atom stereocenters. The summed E-state index contributed by atoms with van der Waals surface area (Å²) in [5.41, 5.74) is 2.11. The summed E-state index contributed by atoms with van der Waals surface area (Å²) in [6.45, 7) is 6.79. The second-order valence-electron chi connectivity index (χ2n) is 7.04. The van der Waals surface area contributed by atoms with Crippen molar-refractivity contribution < 1.29 is 9.47 Å². The molecule has 0 spiro atoms. The number of likely N-dealkylation sites (N-methyl/N-ethyl adjacent to an activating group) is 1. The van der Waals surface area contributed by atoms with Gasteiger partial charge in [-0.05, 0) is 65.6 Å². The van der Waals surface area contributed by atoms with Gasteiger partial charge in [0.1, 0.15) is 6.61 Å². The summed E-state index contributed by atoms with van der Waals surface area (Å²) in [6, 6.07) is 12.5. The van der Waals surface area contributed by atoms with Crippen molar-refractivity contribution in [1.29, 1.82) is 0 Å². The van der Waals surface area contributed by atoms with Gasteiger partial charge in [-0.25, -0.2) is 0 Å². The summed E-state index contributed by atoms with van der Waals surface area (Å²) in [5, 5.41) is 4.30. The maximum absolute atomic E-state index is 6.23. The van der Waals surface area contributed by atoms with E-state index in [1.165, 1.54) is 19.4 Å². The molecule has 1 unspecified atom stereocenters. The first-order valence-electron chi connectivity index (χ1n) is 9.79. The van der Waals surface area contributed by atoms with Crippen LogP contribution in [0.4, 0.5) is 0 Å². The van der Waals surface area contributed by atoms with Crippen LogP contribution in [-0.4, -0.2) is 37.7 Å². The highest BCUT2D eigenvalue weighted by atomic mass is 79.9. The van der Waals surface area contributed by atoms with Crippen molar-refractivity contribution in [3.63, 3.8) is 0 Å². The van der Waals surface area contributed by atoms with Gasteiger partial charge in [-0.3, -0.25) is 4.90 Å². The Bertz CT molecular complexity index is 795. The van der Waals surface area contributed by atoms with Crippen LogP contribution in [0, 0.1) is 0 Å². The zero-order chi connectivity index (χ0) is 19.9. The molecule has 3 rings (SSSR count). The van der Waals surface area contributed by atoms with Crippen LogP contribution in [0.5, 0.6) is 11.5 Å². The molecule has 0 aliphatic carbocycles. The van der Waals surface area contributed by atoms with Crippen molar-refractivity contribution in [1.82, 2.24) is 10.2 Å². The second-order valence-corrected chi connectivity index (χ2v) is 8.31. The second kappa shape index (κ2) is 13.7. The lowest BCUT2D eigenvalue weighted by Crippen LogP contribution is -2.37. The van der Waals surface area contributed by atoms with Crippen molar-refractivity contribution in [2.45, 2.75) is 39.0 Å².